The van der Waals surface area contributed by atoms with Gasteiger partial charge < -0.3 is 10.4 Å². The highest BCUT2D eigenvalue weighted by Crippen LogP contribution is 2.08. The van der Waals surface area contributed by atoms with Crippen molar-refractivity contribution in [3.63, 3.8) is 0 Å². The van der Waals surface area contributed by atoms with Gasteiger partial charge in [0.25, 0.3) is 0 Å². The fourth-order valence-electron chi connectivity index (χ4n) is 0.802. The quantitative estimate of drug-likeness (QED) is 0.469. The monoisotopic (exact) mass is 171 g/mol. The molecule has 2 N–H and O–H groups in total. The summed E-state index contributed by atoms with van der Waals surface area (Å²) in [4.78, 5) is 10.8. The van der Waals surface area contributed by atoms with Gasteiger partial charge in [-0.3, -0.25) is 4.79 Å². The van der Waals surface area contributed by atoms with Crippen molar-refractivity contribution in [2.75, 3.05) is 6.54 Å². The maximum atomic E-state index is 10.8. The Hall–Kier alpha value is -0.830. The highest BCUT2D eigenvalue weighted by Gasteiger charge is 2.29. The molecule has 0 aliphatic heterocycles. The van der Waals surface area contributed by atoms with Crippen LogP contribution in [0.2, 0.25) is 0 Å². The number of hydrogen-bond acceptors (Lipinski definition) is 2. The van der Waals surface area contributed by atoms with E-state index in [-0.39, 0.29) is 0 Å². The molecule has 0 radical (unpaired) electrons. The third-order valence-electron chi connectivity index (χ3n) is 2.04. The van der Waals surface area contributed by atoms with E-state index in [0.29, 0.717) is 13.0 Å². The molecule has 0 spiro atoms. The number of rotatable bonds is 6. The van der Waals surface area contributed by atoms with Crippen LogP contribution >= 0.6 is 0 Å². The molecule has 0 amide bonds. The van der Waals surface area contributed by atoms with E-state index in [1.165, 1.54) is 0 Å². The first-order valence-electron chi connectivity index (χ1n) is 4.16. The molecule has 0 aromatic rings. The fourth-order valence-corrected chi connectivity index (χ4v) is 0.802. The van der Waals surface area contributed by atoms with E-state index in [4.69, 9.17) is 5.11 Å². The summed E-state index contributed by atoms with van der Waals surface area (Å²) in [5.74, 6) is -0.797. The second-order valence-electron chi connectivity index (χ2n) is 2.99. The third kappa shape index (κ3) is 3.05. The second-order valence-corrected chi connectivity index (χ2v) is 2.99. The molecular weight excluding hydrogens is 154 g/mol. The first kappa shape index (κ1) is 11.2. The minimum atomic E-state index is -0.797. The van der Waals surface area contributed by atoms with E-state index < -0.39 is 11.5 Å². The van der Waals surface area contributed by atoms with Crippen LogP contribution in [-0.4, -0.2) is 23.2 Å². The molecule has 0 aliphatic carbocycles. The second kappa shape index (κ2) is 4.93. The van der Waals surface area contributed by atoms with Crippen LogP contribution in [-0.2, 0) is 4.79 Å². The van der Waals surface area contributed by atoms with E-state index in [9.17, 15) is 4.79 Å². The van der Waals surface area contributed by atoms with Crippen molar-refractivity contribution in [3.05, 3.63) is 12.7 Å². The molecule has 3 heteroatoms. The fraction of sp³-hybridized carbons (Fsp3) is 0.667. The largest absolute Gasteiger partial charge is 0.480 e. The molecule has 1 atom stereocenters. The van der Waals surface area contributed by atoms with E-state index >= 15 is 0 Å². The molecule has 1 unspecified atom stereocenters. The predicted molar refractivity (Wildman–Crippen MR) is 49.1 cm³/mol. The van der Waals surface area contributed by atoms with Crippen molar-refractivity contribution in [2.45, 2.75) is 32.2 Å². The van der Waals surface area contributed by atoms with Crippen molar-refractivity contribution in [1.29, 1.82) is 0 Å². The molecule has 0 aromatic heterocycles. The molecule has 70 valence electrons. The topological polar surface area (TPSA) is 49.3 Å². The Balaban J connectivity index is 3.96. The van der Waals surface area contributed by atoms with Crippen LogP contribution in [0.3, 0.4) is 0 Å². The lowest BCUT2D eigenvalue weighted by atomic mass is 9.99. The Morgan fingerprint density at radius 3 is 2.67 bits per heavy atom. The Kier molecular flexibility index (Phi) is 4.59. The van der Waals surface area contributed by atoms with E-state index in [2.05, 4.69) is 11.9 Å². The van der Waals surface area contributed by atoms with Gasteiger partial charge in [-0.15, -0.1) is 6.58 Å². The van der Waals surface area contributed by atoms with Gasteiger partial charge in [-0.1, -0.05) is 13.0 Å². The van der Waals surface area contributed by atoms with Gasteiger partial charge in [0.15, 0.2) is 0 Å². The normalized spacial score (nSPS) is 15.2. The Morgan fingerprint density at radius 1 is 1.75 bits per heavy atom. The minimum absolute atomic E-state index is 0.583. The van der Waals surface area contributed by atoms with Gasteiger partial charge in [0.2, 0.25) is 0 Å². The number of carboxylic acids is 1. The molecule has 0 bridgehead atoms. The van der Waals surface area contributed by atoms with Crippen molar-refractivity contribution >= 4 is 5.97 Å². The van der Waals surface area contributed by atoms with E-state index in [1.54, 1.807) is 13.0 Å². The molecular formula is C9H17NO2. The average Bonchev–Trinajstić information content (AvgIpc) is 2.04. The molecule has 0 saturated carbocycles. The molecule has 12 heavy (non-hydrogen) atoms. The van der Waals surface area contributed by atoms with Crippen LogP contribution in [0.25, 0.3) is 0 Å². The van der Waals surface area contributed by atoms with Crippen molar-refractivity contribution < 1.29 is 9.90 Å². The Morgan fingerprint density at radius 2 is 2.33 bits per heavy atom. The molecule has 0 heterocycles. The van der Waals surface area contributed by atoms with Crippen LogP contribution in [0.15, 0.2) is 12.7 Å². The van der Waals surface area contributed by atoms with Crippen LogP contribution in [0.4, 0.5) is 0 Å². The van der Waals surface area contributed by atoms with Gasteiger partial charge in [-0.05, 0) is 26.3 Å². The van der Waals surface area contributed by atoms with Gasteiger partial charge in [0.1, 0.15) is 5.54 Å². The first-order chi connectivity index (χ1) is 5.56. The van der Waals surface area contributed by atoms with E-state index in [0.717, 1.165) is 6.42 Å². The first-order valence-corrected chi connectivity index (χ1v) is 4.16. The standard InChI is InChI=1S/C9H17NO2/c1-4-6-7-10-9(3,5-2)8(11)12/h4,10H,1,5-7H2,2-3H3,(H,11,12). The SMILES string of the molecule is C=CCCNC(C)(CC)C(=O)O. The van der Waals surface area contributed by atoms with Gasteiger partial charge in [0.05, 0.1) is 0 Å². The molecule has 0 fully saturated rings. The summed E-state index contributed by atoms with van der Waals surface area (Å²) in [6, 6.07) is 0. The Bertz CT molecular complexity index is 168. The van der Waals surface area contributed by atoms with Crippen molar-refractivity contribution in [1.82, 2.24) is 5.32 Å². The van der Waals surface area contributed by atoms with Crippen LogP contribution in [0.1, 0.15) is 26.7 Å². The number of hydrogen-bond donors (Lipinski definition) is 2. The Labute approximate surface area is 73.5 Å². The van der Waals surface area contributed by atoms with E-state index in [1.807, 2.05) is 6.92 Å². The number of aliphatic carboxylic acids is 1. The van der Waals surface area contributed by atoms with Gasteiger partial charge in [-0.25, -0.2) is 0 Å². The highest BCUT2D eigenvalue weighted by molar-refractivity contribution is 5.78. The lowest BCUT2D eigenvalue weighted by Crippen LogP contribution is -2.49. The number of nitrogens with one attached hydrogen (secondary N) is 1. The van der Waals surface area contributed by atoms with Crippen LogP contribution < -0.4 is 5.32 Å². The molecule has 0 saturated heterocycles. The lowest BCUT2D eigenvalue weighted by molar-refractivity contribution is -0.144. The van der Waals surface area contributed by atoms with Gasteiger partial charge in [0, 0.05) is 0 Å². The summed E-state index contributed by atoms with van der Waals surface area (Å²) < 4.78 is 0. The van der Waals surface area contributed by atoms with Gasteiger partial charge in [-0.2, -0.15) is 0 Å². The summed E-state index contributed by atoms with van der Waals surface area (Å²) in [5.41, 5.74) is -0.789. The number of carboxylic acid groups (broad SMARTS) is 1. The van der Waals surface area contributed by atoms with Crippen LogP contribution in [0.5, 0.6) is 0 Å². The predicted octanol–water partition coefficient (Wildman–Crippen LogP) is 1.41. The maximum absolute atomic E-state index is 10.8. The average molecular weight is 171 g/mol. The molecule has 3 nitrogen and oxygen atoms in total. The third-order valence-corrected chi connectivity index (χ3v) is 2.04. The zero-order valence-corrected chi connectivity index (χ0v) is 7.76. The molecule has 0 aromatic carbocycles. The van der Waals surface area contributed by atoms with Crippen molar-refractivity contribution in [3.8, 4) is 0 Å². The van der Waals surface area contributed by atoms with Crippen molar-refractivity contribution in [2.24, 2.45) is 0 Å². The van der Waals surface area contributed by atoms with Crippen LogP contribution in [0, 0.1) is 0 Å². The highest BCUT2D eigenvalue weighted by atomic mass is 16.4. The minimum Gasteiger partial charge on any atom is -0.480 e. The summed E-state index contributed by atoms with van der Waals surface area (Å²) >= 11 is 0. The summed E-state index contributed by atoms with van der Waals surface area (Å²) in [6.45, 7) is 7.78. The maximum Gasteiger partial charge on any atom is 0.323 e. The summed E-state index contributed by atoms with van der Waals surface area (Å²) in [5, 5.41) is 11.8. The summed E-state index contributed by atoms with van der Waals surface area (Å²) in [7, 11) is 0. The summed E-state index contributed by atoms with van der Waals surface area (Å²) in [6.07, 6.45) is 3.15. The molecule has 0 aliphatic rings. The van der Waals surface area contributed by atoms with Gasteiger partial charge >= 0.3 is 5.97 Å². The lowest BCUT2D eigenvalue weighted by Gasteiger charge is -2.24. The zero-order chi connectivity index (χ0) is 9.61. The smallest absolute Gasteiger partial charge is 0.323 e. The zero-order valence-electron chi connectivity index (χ0n) is 7.76. The molecule has 0 rings (SSSR count). The number of carbonyl (C=O) groups is 1.